The minimum Gasteiger partial charge on any atom is -0.353 e. The number of nitrogens with zero attached hydrogens (tertiary/aromatic N) is 5. The summed E-state index contributed by atoms with van der Waals surface area (Å²) in [6.45, 7) is 8.46. The predicted molar refractivity (Wildman–Crippen MR) is 114 cm³/mol. The number of carbonyl (C=O) groups excluding carboxylic acids is 1. The topological polar surface area (TPSA) is 68.4 Å². The van der Waals surface area contributed by atoms with Crippen molar-refractivity contribution in [1.82, 2.24) is 24.8 Å². The molecular weight excluding hydrogens is 364 g/mol. The summed E-state index contributed by atoms with van der Waals surface area (Å²) < 4.78 is 0. The van der Waals surface area contributed by atoms with E-state index in [4.69, 9.17) is 0 Å². The fourth-order valence-electron chi connectivity index (χ4n) is 4.53. The molecule has 0 bridgehead atoms. The Morgan fingerprint density at radius 3 is 2.76 bits per heavy atom. The number of pyridine rings is 1. The van der Waals surface area contributed by atoms with Gasteiger partial charge in [-0.1, -0.05) is 6.07 Å². The van der Waals surface area contributed by atoms with E-state index >= 15 is 0 Å². The van der Waals surface area contributed by atoms with Crippen LogP contribution in [0.2, 0.25) is 0 Å². The molecule has 0 spiro atoms. The van der Waals surface area contributed by atoms with Gasteiger partial charge in [0.25, 0.3) is 0 Å². The number of imidazole rings is 1. The van der Waals surface area contributed by atoms with Crippen molar-refractivity contribution in [3.8, 4) is 0 Å². The van der Waals surface area contributed by atoms with E-state index in [0.717, 1.165) is 63.9 Å². The van der Waals surface area contributed by atoms with Crippen LogP contribution in [-0.2, 0) is 11.3 Å². The molecule has 7 nitrogen and oxygen atoms in total. The number of likely N-dealkylation sites (tertiary alicyclic amines) is 1. The van der Waals surface area contributed by atoms with Crippen LogP contribution < -0.4 is 4.90 Å². The third kappa shape index (κ3) is 5.35. The van der Waals surface area contributed by atoms with Gasteiger partial charge in [0.2, 0.25) is 5.91 Å². The zero-order valence-corrected chi connectivity index (χ0v) is 17.4. The normalized spacial score (nSPS) is 20.8. The molecule has 2 aromatic heterocycles. The molecule has 0 saturated carbocycles. The van der Waals surface area contributed by atoms with Crippen molar-refractivity contribution >= 4 is 11.7 Å². The minimum absolute atomic E-state index is 0.312. The summed E-state index contributed by atoms with van der Waals surface area (Å²) in [6, 6.07) is 5.99. The number of H-pyrrole nitrogens is 1. The first kappa shape index (κ1) is 19.9. The summed E-state index contributed by atoms with van der Waals surface area (Å²) >= 11 is 0. The molecule has 0 radical (unpaired) electrons. The van der Waals surface area contributed by atoms with E-state index < -0.39 is 0 Å². The van der Waals surface area contributed by atoms with Gasteiger partial charge in [-0.25, -0.2) is 9.97 Å². The molecule has 0 unspecified atom stereocenters. The highest BCUT2D eigenvalue weighted by molar-refractivity contribution is 5.76. The zero-order valence-electron chi connectivity index (χ0n) is 17.4. The third-order valence-corrected chi connectivity index (χ3v) is 6.12. The Labute approximate surface area is 173 Å². The number of aryl methyl sites for hydroxylation is 1. The second-order valence-corrected chi connectivity index (χ2v) is 8.33. The highest BCUT2D eigenvalue weighted by Gasteiger charge is 2.24. The Balaban J connectivity index is 1.19. The lowest BCUT2D eigenvalue weighted by Crippen LogP contribution is -2.49. The van der Waals surface area contributed by atoms with Crippen molar-refractivity contribution in [1.29, 1.82) is 0 Å². The Morgan fingerprint density at radius 2 is 2.03 bits per heavy atom. The maximum atomic E-state index is 12.7. The second kappa shape index (κ2) is 9.39. The lowest BCUT2D eigenvalue weighted by molar-refractivity contribution is -0.131. The molecule has 1 atom stereocenters. The minimum atomic E-state index is 0.312. The smallest absolute Gasteiger partial charge is 0.222 e. The van der Waals surface area contributed by atoms with E-state index in [-0.39, 0.29) is 0 Å². The average Bonchev–Trinajstić information content (AvgIpc) is 3.17. The van der Waals surface area contributed by atoms with Crippen molar-refractivity contribution in [3.05, 3.63) is 42.1 Å². The molecule has 1 amide bonds. The highest BCUT2D eigenvalue weighted by Crippen LogP contribution is 2.23. The largest absolute Gasteiger partial charge is 0.353 e. The van der Waals surface area contributed by atoms with Gasteiger partial charge in [0.1, 0.15) is 11.6 Å². The average molecular weight is 397 g/mol. The molecule has 2 aliphatic heterocycles. The summed E-state index contributed by atoms with van der Waals surface area (Å²) in [7, 11) is 0. The van der Waals surface area contributed by atoms with Crippen LogP contribution in [0.5, 0.6) is 0 Å². The number of aromatic amines is 1. The third-order valence-electron chi connectivity index (χ3n) is 6.12. The number of nitrogens with one attached hydrogen (secondary N) is 1. The number of piperazine rings is 1. The van der Waals surface area contributed by atoms with Crippen LogP contribution in [0.4, 0.5) is 5.82 Å². The molecule has 2 fully saturated rings. The Kier molecular flexibility index (Phi) is 6.44. The van der Waals surface area contributed by atoms with Gasteiger partial charge in [0.15, 0.2) is 0 Å². The summed E-state index contributed by atoms with van der Waals surface area (Å²) in [5.74, 6) is 2.91. The first-order chi connectivity index (χ1) is 14.2. The molecule has 29 heavy (non-hydrogen) atoms. The summed E-state index contributed by atoms with van der Waals surface area (Å²) in [6.07, 6.45) is 7.89. The van der Waals surface area contributed by atoms with Crippen LogP contribution in [0.1, 0.15) is 37.2 Å². The quantitative estimate of drug-likeness (QED) is 0.812. The Hall–Kier alpha value is -2.41. The lowest BCUT2D eigenvalue weighted by atomic mass is 9.93. The van der Waals surface area contributed by atoms with Gasteiger partial charge in [-0.15, -0.1) is 0 Å². The monoisotopic (exact) mass is 396 g/mol. The predicted octanol–water partition coefficient (Wildman–Crippen LogP) is 2.45. The van der Waals surface area contributed by atoms with Crippen molar-refractivity contribution in [2.45, 2.75) is 39.2 Å². The number of hydrogen-bond donors (Lipinski definition) is 1. The SMILES string of the molecule is Cc1ncc(CN2CCC[C@@H](CCC(=O)N3CCN(c4ccccn4)CC3)C2)[nH]1. The Bertz CT molecular complexity index is 784. The van der Waals surface area contributed by atoms with Crippen molar-refractivity contribution in [2.24, 2.45) is 5.92 Å². The maximum absolute atomic E-state index is 12.7. The fourth-order valence-corrected chi connectivity index (χ4v) is 4.53. The molecule has 0 aliphatic carbocycles. The molecule has 2 aliphatic rings. The number of anilines is 1. The van der Waals surface area contributed by atoms with Crippen molar-refractivity contribution in [3.63, 3.8) is 0 Å². The Morgan fingerprint density at radius 1 is 1.17 bits per heavy atom. The van der Waals surface area contributed by atoms with E-state index in [1.807, 2.05) is 42.4 Å². The summed E-state index contributed by atoms with van der Waals surface area (Å²) in [5.41, 5.74) is 1.19. The van der Waals surface area contributed by atoms with E-state index in [1.165, 1.54) is 18.5 Å². The van der Waals surface area contributed by atoms with Gasteiger partial charge < -0.3 is 14.8 Å². The number of carbonyl (C=O) groups is 1. The number of rotatable bonds is 6. The second-order valence-electron chi connectivity index (χ2n) is 8.33. The van der Waals surface area contributed by atoms with Gasteiger partial charge in [-0.2, -0.15) is 0 Å². The van der Waals surface area contributed by atoms with Gasteiger partial charge in [0.05, 0.1) is 0 Å². The number of hydrogen-bond acceptors (Lipinski definition) is 5. The standard InChI is InChI=1S/C22H32N6O/c1-18-24-15-20(25-18)17-26-10-4-5-19(16-26)7-8-22(29)28-13-11-27(12-14-28)21-6-2-3-9-23-21/h2-3,6,9,15,19H,4-5,7-8,10-14,16-17H2,1H3,(H,24,25)/t19-/m0/s1. The van der Waals surface area contributed by atoms with Crippen molar-refractivity contribution in [2.75, 3.05) is 44.2 Å². The first-order valence-corrected chi connectivity index (χ1v) is 10.8. The maximum Gasteiger partial charge on any atom is 0.222 e. The fraction of sp³-hybridized carbons (Fsp3) is 0.591. The van der Waals surface area contributed by atoms with Crippen LogP contribution in [0.3, 0.4) is 0 Å². The van der Waals surface area contributed by atoms with Crippen LogP contribution in [0.15, 0.2) is 30.6 Å². The first-order valence-electron chi connectivity index (χ1n) is 10.8. The number of piperidine rings is 1. The summed E-state index contributed by atoms with van der Waals surface area (Å²) in [4.78, 5) is 31.6. The highest BCUT2D eigenvalue weighted by atomic mass is 16.2. The molecule has 4 rings (SSSR count). The van der Waals surface area contributed by atoms with E-state index in [9.17, 15) is 4.79 Å². The van der Waals surface area contributed by atoms with Gasteiger partial charge >= 0.3 is 0 Å². The zero-order chi connectivity index (χ0) is 20.1. The van der Waals surface area contributed by atoms with Crippen LogP contribution >= 0.6 is 0 Å². The molecule has 7 heteroatoms. The van der Waals surface area contributed by atoms with Crippen LogP contribution in [-0.4, -0.2) is 69.9 Å². The van der Waals surface area contributed by atoms with E-state index in [2.05, 4.69) is 24.8 Å². The van der Waals surface area contributed by atoms with Crippen molar-refractivity contribution < 1.29 is 4.79 Å². The van der Waals surface area contributed by atoms with Gasteiger partial charge in [-0.3, -0.25) is 9.69 Å². The van der Waals surface area contributed by atoms with Gasteiger partial charge in [0, 0.05) is 63.8 Å². The molecule has 156 valence electrons. The molecule has 2 aromatic rings. The number of amides is 1. The van der Waals surface area contributed by atoms with Crippen LogP contribution in [0.25, 0.3) is 0 Å². The van der Waals surface area contributed by atoms with Gasteiger partial charge in [-0.05, 0) is 50.8 Å². The summed E-state index contributed by atoms with van der Waals surface area (Å²) in [5, 5.41) is 0. The molecule has 4 heterocycles. The molecule has 1 N–H and O–H groups in total. The lowest BCUT2D eigenvalue weighted by Gasteiger charge is -2.36. The van der Waals surface area contributed by atoms with E-state index in [0.29, 0.717) is 18.2 Å². The number of aromatic nitrogens is 3. The molecular formula is C22H32N6O. The van der Waals surface area contributed by atoms with E-state index in [1.54, 1.807) is 0 Å². The van der Waals surface area contributed by atoms with Crippen LogP contribution in [0, 0.1) is 12.8 Å². The molecule has 0 aromatic carbocycles. The molecule has 2 saturated heterocycles.